The number of aliphatic hydroxyl groups is 1. The molecule has 1 aliphatic heterocycles. The third-order valence-corrected chi connectivity index (χ3v) is 5.37. The molecule has 4 heteroatoms. The van der Waals surface area contributed by atoms with E-state index in [0.29, 0.717) is 36.5 Å². The van der Waals surface area contributed by atoms with Gasteiger partial charge in [-0.05, 0) is 41.1 Å². The Labute approximate surface area is 169 Å². The number of hydrogen-bond donors (Lipinski definition) is 1. The molecule has 0 radical (unpaired) electrons. The summed E-state index contributed by atoms with van der Waals surface area (Å²) in [5.41, 5.74) is 0.368. The van der Waals surface area contributed by atoms with E-state index in [-0.39, 0.29) is 5.91 Å². The van der Waals surface area contributed by atoms with Crippen molar-refractivity contribution in [1.29, 1.82) is 0 Å². The molecule has 0 atom stereocenters. The number of carbonyl (C=O) groups excluding carboxylic acids is 1. The van der Waals surface area contributed by atoms with Gasteiger partial charge in [-0.3, -0.25) is 4.79 Å². The zero-order valence-corrected chi connectivity index (χ0v) is 16.1. The number of piperidine rings is 1. The van der Waals surface area contributed by atoms with Crippen LogP contribution in [0.2, 0.25) is 5.02 Å². The van der Waals surface area contributed by atoms with Crippen molar-refractivity contribution in [3.63, 3.8) is 0 Å². The summed E-state index contributed by atoms with van der Waals surface area (Å²) in [6, 6.07) is 21.0. The van der Waals surface area contributed by atoms with Crippen LogP contribution in [-0.4, -0.2) is 34.6 Å². The fourth-order valence-corrected chi connectivity index (χ4v) is 3.65. The molecule has 3 aromatic carbocycles. The lowest BCUT2D eigenvalue weighted by Gasteiger charge is -2.35. The Morgan fingerprint density at radius 1 is 0.964 bits per heavy atom. The molecule has 0 saturated carbocycles. The number of hydrogen-bond acceptors (Lipinski definition) is 2. The maximum Gasteiger partial charge on any atom is 0.253 e. The van der Waals surface area contributed by atoms with Crippen LogP contribution in [0.25, 0.3) is 10.8 Å². The van der Waals surface area contributed by atoms with Crippen molar-refractivity contribution in [3.8, 4) is 11.8 Å². The second kappa shape index (κ2) is 7.67. The number of halogens is 1. The van der Waals surface area contributed by atoms with Gasteiger partial charge in [-0.2, -0.15) is 0 Å². The second-order valence-electron chi connectivity index (χ2n) is 7.15. The molecule has 1 saturated heterocycles. The lowest BCUT2D eigenvalue weighted by Crippen LogP contribution is -2.46. The smallest absolute Gasteiger partial charge is 0.253 e. The molecule has 1 aliphatic rings. The van der Waals surface area contributed by atoms with Gasteiger partial charge in [0.05, 0.1) is 0 Å². The van der Waals surface area contributed by atoms with Gasteiger partial charge in [0.1, 0.15) is 5.60 Å². The first-order valence-electron chi connectivity index (χ1n) is 9.32. The highest BCUT2D eigenvalue weighted by molar-refractivity contribution is 6.30. The highest BCUT2D eigenvalue weighted by Crippen LogP contribution is 2.24. The Bertz CT molecular complexity index is 1090. The monoisotopic (exact) mass is 389 g/mol. The van der Waals surface area contributed by atoms with Crippen molar-refractivity contribution in [3.05, 3.63) is 82.9 Å². The first kappa shape index (κ1) is 18.6. The van der Waals surface area contributed by atoms with Gasteiger partial charge in [-0.25, -0.2) is 0 Å². The lowest BCUT2D eigenvalue weighted by molar-refractivity contribution is 0.0249. The van der Waals surface area contributed by atoms with Crippen molar-refractivity contribution in [2.24, 2.45) is 0 Å². The molecule has 0 aromatic heterocycles. The first-order valence-corrected chi connectivity index (χ1v) is 9.69. The molecule has 0 bridgehead atoms. The van der Waals surface area contributed by atoms with Crippen molar-refractivity contribution in [2.45, 2.75) is 18.4 Å². The zero-order valence-electron chi connectivity index (χ0n) is 15.4. The summed E-state index contributed by atoms with van der Waals surface area (Å²) in [6.45, 7) is 0.957. The van der Waals surface area contributed by atoms with Gasteiger partial charge in [0.15, 0.2) is 0 Å². The maximum absolute atomic E-state index is 12.9. The number of likely N-dealkylation sites (tertiary alicyclic amines) is 1. The van der Waals surface area contributed by atoms with Gasteiger partial charge < -0.3 is 10.0 Å². The second-order valence-corrected chi connectivity index (χ2v) is 7.58. The topological polar surface area (TPSA) is 40.5 Å². The van der Waals surface area contributed by atoms with E-state index in [9.17, 15) is 9.90 Å². The molecule has 28 heavy (non-hydrogen) atoms. The standard InChI is InChI=1S/C24H20ClNO2/c25-22-7-3-4-18(16-22)10-11-24(28)12-14-26(15-13-24)23(27)21-9-8-19-5-1-2-6-20(19)17-21/h1-9,16-17,28H,12-15H2. The van der Waals surface area contributed by atoms with E-state index in [2.05, 4.69) is 11.8 Å². The molecule has 0 aliphatic carbocycles. The average molecular weight is 390 g/mol. The summed E-state index contributed by atoms with van der Waals surface area (Å²) in [6.07, 6.45) is 0.861. The Morgan fingerprint density at radius 2 is 1.71 bits per heavy atom. The molecule has 1 N–H and O–H groups in total. The quantitative estimate of drug-likeness (QED) is 0.622. The zero-order chi connectivity index (χ0) is 19.6. The number of nitrogens with zero attached hydrogens (tertiary/aromatic N) is 1. The normalized spacial score (nSPS) is 15.7. The third-order valence-electron chi connectivity index (χ3n) is 5.14. The first-order chi connectivity index (χ1) is 13.5. The van der Waals surface area contributed by atoms with Gasteiger partial charge in [0.25, 0.3) is 5.91 Å². The molecule has 0 spiro atoms. The number of amides is 1. The van der Waals surface area contributed by atoms with Crippen LogP contribution in [0, 0.1) is 11.8 Å². The summed E-state index contributed by atoms with van der Waals surface area (Å²) < 4.78 is 0. The van der Waals surface area contributed by atoms with Gasteiger partial charge in [-0.15, -0.1) is 0 Å². The molecule has 140 valence electrons. The Balaban J connectivity index is 1.45. The van der Waals surface area contributed by atoms with E-state index in [1.54, 1.807) is 17.0 Å². The predicted molar refractivity (Wildman–Crippen MR) is 112 cm³/mol. The molecule has 1 amide bonds. The van der Waals surface area contributed by atoms with Crippen molar-refractivity contribution < 1.29 is 9.90 Å². The molecule has 3 nitrogen and oxygen atoms in total. The average Bonchev–Trinajstić information content (AvgIpc) is 2.72. The summed E-state index contributed by atoms with van der Waals surface area (Å²) in [5.74, 6) is 5.97. The Morgan fingerprint density at radius 3 is 2.46 bits per heavy atom. The molecule has 1 fully saturated rings. The van der Waals surface area contributed by atoms with Gasteiger partial charge in [0.2, 0.25) is 0 Å². The van der Waals surface area contributed by atoms with Gasteiger partial charge in [0, 0.05) is 42.1 Å². The number of benzene rings is 3. The van der Waals surface area contributed by atoms with E-state index >= 15 is 0 Å². The minimum Gasteiger partial charge on any atom is -0.377 e. The van der Waals surface area contributed by atoms with Crippen molar-refractivity contribution in [2.75, 3.05) is 13.1 Å². The molecule has 3 aromatic rings. The maximum atomic E-state index is 12.9. The lowest BCUT2D eigenvalue weighted by atomic mass is 9.91. The van der Waals surface area contributed by atoms with Crippen LogP contribution >= 0.6 is 11.6 Å². The molecule has 4 rings (SSSR count). The van der Waals surface area contributed by atoms with Crippen LogP contribution in [0.3, 0.4) is 0 Å². The van der Waals surface area contributed by atoms with E-state index in [1.807, 2.05) is 54.6 Å². The van der Waals surface area contributed by atoms with Crippen LogP contribution in [0.5, 0.6) is 0 Å². The Hall–Kier alpha value is -2.80. The highest BCUT2D eigenvalue weighted by atomic mass is 35.5. The largest absolute Gasteiger partial charge is 0.377 e. The van der Waals surface area contributed by atoms with Crippen molar-refractivity contribution >= 4 is 28.3 Å². The summed E-state index contributed by atoms with van der Waals surface area (Å²) in [5, 5.41) is 13.6. The van der Waals surface area contributed by atoms with Gasteiger partial charge >= 0.3 is 0 Å². The van der Waals surface area contributed by atoms with E-state index in [0.717, 1.165) is 16.3 Å². The molecule has 0 unspecified atom stereocenters. The highest BCUT2D eigenvalue weighted by Gasteiger charge is 2.32. The Kier molecular flexibility index (Phi) is 5.09. The SMILES string of the molecule is O=C(c1ccc2ccccc2c1)N1CCC(O)(C#Cc2cccc(Cl)c2)CC1. The fourth-order valence-electron chi connectivity index (χ4n) is 3.46. The molecule has 1 heterocycles. The van der Waals surface area contributed by atoms with E-state index < -0.39 is 5.60 Å². The predicted octanol–water partition coefficient (Wildman–Crippen LogP) is 4.51. The third kappa shape index (κ3) is 4.04. The summed E-state index contributed by atoms with van der Waals surface area (Å²) in [4.78, 5) is 14.7. The van der Waals surface area contributed by atoms with Crippen LogP contribution in [-0.2, 0) is 0 Å². The van der Waals surface area contributed by atoms with E-state index in [4.69, 9.17) is 11.6 Å². The van der Waals surface area contributed by atoms with Crippen LogP contribution in [0.4, 0.5) is 0 Å². The van der Waals surface area contributed by atoms with Crippen LogP contribution < -0.4 is 0 Å². The van der Waals surface area contributed by atoms with Crippen LogP contribution in [0.15, 0.2) is 66.7 Å². The number of fused-ring (bicyclic) bond motifs is 1. The molecular weight excluding hydrogens is 370 g/mol. The van der Waals surface area contributed by atoms with Crippen LogP contribution in [0.1, 0.15) is 28.8 Å². The number of carbonyl (C=O) groups is 1. The molecular formula is C24H20ClNO2. The summed E-state index contributed by atoms with van der Waals surface area (Å²) >= 11 is 5.98. The van der Waals surface area contributed by atoms with Gasteiger partial charge in [-0.1, -0.05) is 59.8 Å². The fraction of sp³-hybridized carbons (Fsp3) is 0.208. The number of rotatable bonds is 1. The van der Waals surface area contributed by atoms with Crippen molar-refractivity contribution in [1.82, 2.24) is 4.90 Å². The van der Waals surface area contributed by atoms with E-state index in [1.165, 1.54) is 0 Å². The summed E-state index contributed by atoms with van der Waals surface area (Å²) in [7, 11) is 0. The minimum absolute atomic E-state index is 0.00407. The minimum atomic E-state index is -1.08.